The van der Waals surface area contributed by atoms with Gasteiger partial charge in [-0.05, 0) is 63.5 Å². The second kappa shape index (κ2) is 12.8. The molecule has 0 aliphatic carbocycles. The molecule has 0 unspecified atom stereocenters. The van der Waals surface area contributed by atoms with Crippen LogP contribution in [0.3, 0.4) is 0 Å². The maximum Gasteiger partial charge on any atom is 0.133 e. The minimum Gasteiger partial charge on any atom is -0.545 e. The molecular formula is C23H39OP2Rh+. The van der Waals surface area contributed by atoms with Crippen molar-refractivity contribution in [1.82, 2.24) is 0 Å². The Morgan fingerprint density at radius 2 is 1.07 bits per heavy atom. The van der Waals surface area contributed by atoms with Crippen LogP contribution in [0.25, 0.3) is 0 Å². The summed E-state index contributed by atoms with van der Waals surface area (Å²) in [5.74, 6) is 0. The molecule has 2 fully saturated rings. The molecule has 1 nitrogen and oxygen atoms in total. The topological polar surface area (TPSA) is 17.1 Å². The van der Waals surface area contributed by atoms with Gasteiger partial charge < -0.3 is 4.79 Å². The molecule has 2 aliphatic heterocycles. The van der Waals surface area contributed by atoms with Crippen LogP contribution in [-0.2, 0) is 24.3 Å². The molecule has 155 valence electrons. The van der Waals surface area contributed by atoms with E-state index in [1.54, 1.807) is 0 Å². The summed E-state index contributed by atoms with van der Waals surface area (Å²) in [6.07, 6.45) is 11.7. The molecular weight excluding hydrogens is 457 g/mol. The summed E-state index contributed by atoms with van der Waals surface area (Å²) in [6.45, 7) is 10.5. The number of hydrogen-bond donors (Lipinski definition) is 0. The Labute approximate surface area is 184 Å². The van der Waals surface area contributed by atoms with Gasteiger partial charge in [-0.1, -0.05) is 39.8 Å². The molecule has 27 heavy (non-hydrogen) atoms. The van der Waals surface area contributed by atoms with E-state index in [1.807, 2.05) is 10.6 Å². The second-order valence-corrected chi connectivity index (χ2v) is 14.2. The van der Waals surface area contributed by atoms with E-state index in [9.17, 15) is 0 Å². The zero-order valence-corrected chi connectivity index (χ0v) is 21.2. The van der Waals surface area contributed by atoms with Crippen LogP contribution in [0, 0.1) is 0 Å². The SMILES string of the molecule is CC[C@@H]1CC[C@@H](CC)[PH+]1c1ccccc1[PH+]1[C@@H](CC)CC[C@@H]1CC.[2H][C-]=O.[Rh]. The third-order valence-corrected chi connectivity index (χ3v) is 15.7. The van der Waals surface area contributed by atoms with Gasteiger partial charge in [0.25, 0.3) is 0 Å². The number of benzene rings is 1. The molecule has 3 rings (SSSR count). The Morgan fingerprint density at radius 1 is 0.815 bits per heavy atom. The van der Waals surface area contributed by atoms with Gasteiger partial charge in [-0.25, -0.2) is 0 Å². The normalized spacial score (nSPS) is 28.8. The van der Waals surface area contributed by atoms with Crippen LogP contribution >= 0.6 is 15.8 Å². The zero-order chi connectivity index (χ0) is 19.8. The molecule has 2 saturated heterocycles. The summed E-state index contributed by atoms with van der Waals surface area (Å²) < 4.78 is 5.40. The smallest absolute Gasteiger partial charge is 0.133 e. The molecule has 0 saturated carbocycles. The number of rotatable bonds is 6. The van der Waals surface area contributed by atoms with Gasteiger partial charge in [0, 0.05) is 35.3 Å². The molecule has 1 radical (unpaired) electrons. The minimum absolute atomic E-state index is 0. The molecule has 4 atom stereocenters. The summed E-state index contributed by atoms with van der Waals surface area (Å²) in [7, 11) is -0.743. The van der Waals surface area contributed by atoms with Gasteiger partial charge in [0.1, 0.15) is 10.6 Å². The molecule has 2 heterocycles. The number of carbonyl (C=O) groups excluding carboxylic acids is 1. The van der Waals surface area contributed by atoms with E-state index in [-0.39, 0.29) is 35.3 Å². The molecule has 0 aromatic heterocycles. The average Bonchev–Trinajstić information content (AvgIpc) is 3.31. The maximum atomic E-state index is 8.35. The van der Waals surface area contributed by atoms with Crippen molar-refractivity contribution >= 4 is 33.2 Å². The van der Waals surface area contributed by atoms with Crippen molar-refractivity contribution in [2.24, 2.45) is 0 Å². The van der Waals surface area contributed by atoms with Crippen LogP contribution < -0.4 is 10.6 Å². The quantitative estimate of drug-likeness (QED) is 0.211. The molecule has 0 bridgehead atoms. The Balaban J connectivity index is 0.000000921. The van der Waals surface area contributed by atoms with Gasteiger partial charge in [0.15, 0.2) is 0 Å². The van der Waals surface area contributed by atoms with E-state index in [1.165, 1.54) is 51.4 Å². The third-order valence-electron chi connectivity index (χ3n) is 7.01. The molecule has 0 spiro atoms. The van der Waals surface area contributed by atoms with Crippen LogP contribution in [0.4, 0.5) is 0 Å². The molecule has 2 aliphatic rings. The van der Waals surface area contributed by atoms with E-state index in [4.69, 9.17) is 6.17 Å². The largest absolute Gasteiger partial charge is 0.545 e. The van der Waals surface area contributed by atoms with Crippen molar-refractivity contribution in [3.63, 3.8) is 0 Å². The monoisotopic (exact) mass is 497 g/mol. The van der Waals surface area contributed by atoms with Crippen LogP contribution in [0.2, 0.25) is 0 Å². The first-order valence-corrected chi connectivity index (χ1v) is 14.1. The fourth-order valence-corrected chi connectivity index (χ4v) is 14.7. The van der Waals surface area contributed by atoms with E-state index in [0.29, 0.717) is 0 Å². The first-order valence-electron chi connectivity index (χ1n) is 11.3. The molecule has 4 heteroatoms. The van der Waals surface area contributed by atoms with E-state index in [0.717, 1.165) is 29.4 Å². The summed E-state index contributed by atoms with van der Waals surface area (Å²) in [4.78, 5) is 8.35. The predicted molar refractivity (Wildman–Crippen MR) is 124 cm³/mol. The zero-order valence-electron chi connectivity index (χ0n) is 18.5. The summed E-state index contributed by atoms with van der Waals surface area (Å²) >= 11 is 0. The van der Waals surface area contributed by atoms with E-state index >= 15 is 0 Å². The Morgan fingerprint density at radius 3 is 1.30 bits per heavy atom. The van der Waals surface area contributed by atoms with E-state index in [2.05, 4.69) is 52.0 Å². The molecule has 0 N–H and O–H groups in total. The predicted octanol–water partition coefficient (Wildman–Crippen LogP) is 5.79. The van der Waals surface area contributed by atoms with Gasteiger partial charge in [0.2, 0.25) is 0 Å². The van der Waals surface area contributed by atoms with Crippen molar-refractivity contribution in [3.8, 4) is 0 Å². The van der Waals surface area contributed by atoms with Gasteiger partial charge in [-0.2, -0.15) is 1.37 Å². The van der Waals surface area contributed by atoms with Crippen molar-refractivity contribution < 1.29 is 25.6 Å². The third kappa shape index (κ3) is 5.50. The fraction of sp³-hybridized carbons (Fsp3) is 0.696. The van der Waals surface area contributed by atoms with Crippen LogP contribution in [0.1, 0.15) is 80.4 Å². The molecule has 0 amide bonds. The van der Waals surface area contributed by atoms with E-state index < -0.39 is 0 Å². The van der Waals surface area contributed by atoms with Crippen LogP contribution in [0.15, 0.2) is 24.3 Å². The van der Waals surface area contributed by atoms with Crippen molar-refractivity contribution in [1.29, 1.82) is 0 Å². The van der Waals surface area contributed by atoms with Gasteiger partial charge in [-0.15, -0.1) is 0 Å². The van der Waals surface area contributed by atoms with Crippen molar-refractivity contribution in [3.05, 3.63) is 24.3 Å². The standard InChI is InChI=1S/C22H36P2.CHO.Rh/c1-5-17-13-14-18(6-2)23(17)21-11-9-10-12-22(21)24-19(7-3)15-16-20(24)8-4;1-2;/h9-12,17-20H,5-8,13-16H2,1-4H3;1H;/q;-1;/p+2/t17-,18-,19+,20+;;/i;1D;. The first-order chi connectivity index (χ1) is 13.2. The van der Waals surface area contributed by atoms with Crippen molar-refractivity contribution in [2.75, 3.05) is 0 Å². The van der Waals surface area contributed by atoms with Gasteiger partial charge >= 0.3 is 0 Å². The Hall–Kier alpha value is 0.373. The summed E-state index contributed by atoms with van der Waals surface area (Å²) in [5.41, 5.74) is 4.13. The van der Waals surface area contributed by atoms with Crippen LogP contribution in [-0.4, -0.2) is 29.4 Å². The van der Waals surface area contributed by atoms with Crippen LogP contribution in [0.5, 0.6) is 0 Å². The first kappa shape index (κ1) is 23.7. The average molecular weight is 497 g/mol. The van der Waals surface area contributed by atoms with Gasteiger partial charge in [-0.3, -0.25) is 6.77 Å². The summed E-state index contributed by atoms with van der Waals surface area (Å²) in [6, 6.07) is 9.87. The Bertz CT molecular complexity index is 514. The molecule has 1 aromatic rings. The molecule has 1 aromatic carbocycles. The fourth-order valence-electron chi connectivity index (χ4n) is 5.66. The van der Waals surface area contributed by atoms with Gasteiger partial charge in [0.05, 0.1) is 22.6 Å². The van der Waals surface area contributed by atoms with Crippen molar-refractivity contribution in [2.45, 2.75) is 102 Å². The second-order valence-electron chi connectivity index (χ2n) is 8.03. The summed E-state index contributed by atoms with van der Waals surface area (Å²) in [5, 5.41) is 3.79. The minimum atomic E-state index is -0.371. The maximum absolute atomic E-state index is 8.35. The number of hydrogen-bond acceptors (Lipinski definition) is 1. The Kier molecular flexibility index (Phi) is 11.2.